The Morgan fingerprint density at radius 2 is 1.82 bits per heavy atom. The van der Waals surface area contributed by atoms with Crippen molar-refractivity contribution in [1.82, 2.24) is 0 Å². The molecule has 0 aliphatic rings. The minimum absolute atomic E-state index is 0.240. The van der Waals surface area contributed by atoms with Gasteiger partial charge in [0.25, 0.3) is 5.91 Å². The fourth-order valence-corrected chi connectivity index (χ4v) is 3.62. The maximum absolute atomic E-state index is 13.2. The Kier molecular flexibility index (Phi) is 6.55. The third-order valence-corrected chi connectivity index (χ3v) is 5.40. The molecule has 0 spiro atoms. The summed E-state index contributed by atoms with van der Waals surface area (Å²) in [6.45, 7) is 2.05. The predicted molar refractivity (Wildman–Crippen MR) is 109 cm³/mol. The number of amides is 1. The van der Waals surface area contributed by atoms with Crippen molar-refractivity contribution in [3.05, 3.63) is 89.7 Å². The zero-order valence-corrected chi connectivity index (χ0v) is 16.2. The lowest BCUT2D eigenvalue weighted by Crippen LogP contribution is -2.15. The van der Waals surface area contributed by atoms with Gasteiger partial charge in [0.05, 0.1) is 21.3 Å². The average molecular weight is 397 g/mol. The van der Waals surface area contributed by atoms with Crippen LogP contribution in [0.25, 0.3) is 0 Å². The van der Waals surface area contributed by atoms with Crippen LogP contribution in [-0.2, 0) is 17.4 Å². The van der Waals surface area contributed by atoms with Gasteiger partial charge in [-0.3, -0.25) is 9.00 Å². The van der Waals surface area contributed by atoms with Crippen molar-refractivity contribution >= 4 is 22.4 Å². The van der Waals surface area contributed by atoms with Gasteiger partial charge in [-0.2, -0.15) is 0 Å². The molecule has 4 nitrogen and oxygen atoms in total. The zero-order valence-electron chi connectivity index (χ0n) is 15.4. The topological polar surface area (TPSA) is 55.4 Å². The van der Waals surface area contributed by atoms with E-state index in [1.807, 2.05) is 13.0 Å². The molecule has 0 saturated heterocycles. The van der Waals surface area contributed by atoms with Crippen LogP contribution in [0.4, 0.5) is 10.1 Å². The van der Waals surface area contributed by atoms with Crippen LogP contribution < -0.4 is 10.1 Å². The molecule has 0 fully saturated rings. The second kappa shape index (κ2) is 9.28. The highest BCUT2D eigenvalue weighted by atomic mass is 32.2. The van der Waals surface area contributed by atoms with E-state index < -0.39 is 10.8 Å². The number of hydrogen-bond acceptors (Lipinski definition) is 3. The van der Waals surface area contributed by atoms with Gasteiger partial charge in [-0.1, -0.05) is 37.3 Å². The maximum Gasteiger partial charge on any atom is 0.256 e. The van der Waals surface area contributed by atoms with E-state index in [0.717, 1.165) is 5.56 Å². The molecule has 0 heterocycles. The first-order valence-corrected chi connectivity index (χ1v) is 10.1. The fourth-order valence-electron chi connectivity index (χ4n) is 2.67. The molecule has 1 atom stereocenters. The van der Waals surface area contributed by atoms with Crippen LogP contribution in [0, 0.1) is 5.82 Å². The van der Waals surface area contributed by atoms with Crippen LogP contribution in [0.15, 0.2) is 77.7 Å². The summed E-state index contributed by atoms with van der Waals surface area (Å²) in [7, 11) is -1.22. The third-order valence-electron chi connectivity index (χ3n) is 4.03. The quantitative estimate of drug-likeness (QED) is 0.624. The van der Waals surface area contributed by atoms with Gasteiger partial charge in [-0.15, -0.1) is 0 Å². The highest BCUT2D eigenvalue weighted by Crippen LogP contribution is 2.19. The molecular weight excluding hydrogens is 377 g/mol. The molecular formula is C22H20FNO3S. The largest absolute Gasteiger partial charge is 0.489 e. The Bertz CT molecular complexity index is 1010. The van der Waals surface area contributed by atoms with E-state index in [9.17, 15) is 13.4 Å². The molecule has 3 aromatic rings. The highest BCUT2D eigenvalue weighted by molar-refractivity contribution is 7.85. The summed E-state index contributed by atoms with van der Waals surface area (Å²) in [6, 6.07) is 20.0. The summed E-state index contributed by atoms with van der Waals surface area (Å²) in [4.78, 5) is 13.2. The summed E-state index contributed by atoms with van der Waals surface area (Å²) >= 11 is 0. The molecule has 144 valence electrons. The monoisotopic (exact) mass is 397 g/mol. The molecule has 1 N–H and O–H groups in total. The number of hydrogen-bond donors (Lipinski definition) is 1. The first kappa shape index (κ1) is 19.8. The predicted octanol–water partition coefficient (Wildman–Crippen LogP) is 4.78. The van der Waals surface area contributed by atoms with E-state index in [1.165, 1.54) is 12.1 Å². The molecule has 0 aromatic heterocycles. The lowest BCUT2D eigenvalue weighted by Gasteiger charge is -2.11. The number of nitrogens with one attached hydrogen (secondary N) is 1. The standard InChI is InChI=1S/C22H20FNO3S/c1-2-28(26)21-12-4-3-11-20(21)22(25)24-18-9-5-7-16(13-18)15-27-19-10-6-8-17(23)14-19/h3-14H,2,15H2,1H3,(H,24,25). The number of carbonyl (C=O) groups excluding carboxylic acids is 1. The van der Waals surface area contributed by atoms with Gasteiger partial charge in [0.15, 0.2) is 0 Å². The van der Waals surface area contributed by atoms with Crippen LogP contribution in [0.1, 0.15) is 22.8 Å². The van der Waals surface area contributed by atoms with Crippen molar-refractivity contribution in [3.63, 3.8) is 0 Å². The van der Waals surface area contributed by atoms with Crippen molar-refractivity contribution in [1.29, 1.82) is 0 Å². The lowest BCUT2D eigenvalue weighted by atomic mass is 10.2. The molecule has 0 bridgehead atoms. The number of rotatable bonds is 7. The molecule has 0 aliphatic carbocycles. The second-order valence-electron chi connectivity index (χ2n) is 6.03. The van der Waals surface area contributed by atoms with Crippen LogP contribution in [0.3, 0.4) is 0 Å². The second-order valence-corrected chi connectivity index (χ2v) is 7.74. The zero-order chi connectivity index (χ0) is 19.9. The molecule has 0 radical (unpaired) electrons. The molecule has 0 aliphatic heterocycles. The SMILES string of the molecule is CCS(=O)c1ccccc1C(=O)Nc1cccc(COc2cccc(F)c2)c1. The van der Waals surface area contributed by atoms with Gasteiger partial charge in [-0.05, 0) is 42.0 Å². The molecule has 3 aromatic carbocycles. The lowest BCUT2D eigenvalue weighted by molar-refractivity contribution is 0.102. The summed E-state index contributed by atoms with van der Waals surface area (Å²) in [6.07, 6.45) is 0. The number of ether oxygens (including phenoxy) is 1. The molecule has 28 heavy (non-hydrogen) atoms. The van der Waals surface area contributed by atoms with Crippen molar-refractivity contribution in [2.75, 3.05) is 11.1 Å². The first-order valence-electron chi connectivity index (χ1n) is 8.83. The van der Waals surface area contributed by atoms with Crippen molar-refractivity contribution in [2.24, 2.45) is 0 Å². The van der Waals surface area contributed by atoms with Crippen LogP contribution >= 0.6 is 0 Å². The molecule has 3 rings (SSSR count). The van der Waals surface area contributed by atoms with Gasteiger partial charge >= 0.3 is 0 Å². The van der Waals surface area contributed by atoms with Gasteiger partial charge in [0, 0.05) is 17.5 Å². The van der Waals surface area contributed by atoms with Gasteiger partial charge in [-0.25, -0.2) is 4.39 Å². The van der Waals surface area contributed by atoms with Crippen molar-refractivity contribution in [2.45, 2.75) is 18.4 Å². The Labute approximate surface area is 165 Å². The van der Waals surface area contributed by atoms with E-state index >= 15 is 0 Å². The minimum atomic E-state index is -1.22. The van der Waals surface area contributed by atoms with E-state index in [4.69, 9.17) is 4.74 Å². The Morgan fingerprint density at radius 1 is 1.04 bits per heavy atom. The smallest absolute Gasteiger partial charge is 0.256 e. The normalized spacial score (nSPS) is 11.6. The van der Waals surface area contributed by atoms with Gasteiger partial charge in [0.2, 0.25) is 0 Å². The van der Waals surface area contributed by atoms with E-state index in [1.54, 1.807) is 54.6 Å². The molecule has 6 heteroatoms. The Hall–Kier alpha value is -2.99. The van der Waals surface area contributed by atoms with Crippen LogP contribution in [0.5, 0.6) is 5.75 Å². The fraction of sp³-hybridized carbons (Fsp3) is 0.136. The number of benzene rings is 3. The van der Waals surface area contributed by atoms with Gasteiger partial charge in [0.1, 0.15) is 18.2 Å². The first-order chi connectivity index (χ1) is 13.6. The average Bonchev–Trinajstić information content (AvgIpc) is 2.72. The minimum Gasteiger partial charge on any atom is -0.489 e. The van der Waals surface area contributed by atoms with Crippen LogP contribution in [-0.4, -0.2) is 15.9 Å². The summed E-state index contributed by atoms with van der Waals surface area (Å²) < 4.78 is 31.0. The van der Waals surface area contributed by atoms with Crippen molar-refractivity contribution < 1.29 is 18.1 Å². The molecule has 1 amide bonds. The highest BCUT2D eigenvalue weighted by Gasteiger charge is 2.15. The Morgan fingerprint density at radius 3 is 2.61 bits per heavy atom. The van der Waals surface area contributed by atoms with Crippen molar-refractivity contribution in [3.8, 4) is 5.75 Å². The number of halogens is 1. The molecule has 1 unspecified atom stereocenters. The maximum atomic E-state index is 13.2. The molecule has 0 saturated carbocycles. The number of carbonyl (C=O) groups is 1. The summed E-state index contributed by atoms with van der Waals surface area (Å²) in [5.41, 5.74) is 1.82. The third kappa shape index (κ3) is 5.04. The van der Waals surface area contributed by atoms with E-state index in [2.05, 4.69) is 5.32 Å². The van der Waals surface area contributed by atoms with E-state index in [-0.39, 0.29) is 18.3 Å². The summed E-state index contributed by atoms with van der Waals surface area (Å²) in [5, 5.41) is 2.84. The van der Waals surface area contributed by atoms with Gasteiger partial charge < -0.3 is 10.1 Å². The number of anilines is 1. The summed E-state index contributed by atoms with van der Waals surface area (Å²) in [5.74, 6) is 0.199. The van der Waals surface area contributed by atoms with E-state index in [0.29, 0.717) is 27.6 Å². The Balaban J connectivity index is 1.71. The van der Waals surface area contributed by atoms with Crippen LogP contribution in [0.2, 0.25) is 0 Å².